The van der Waals surface area contributed by atoms with Gasteiger partial charge in [0.2, 0.25) is 0 Å². The van der Waals surface area contributed by atoms with E-state index in [1.807, 2.05) is 19.1 Å². The minimum atomic E-state index is 0.822. The third-order valence-corrected chi connectivity index (χ3v) is 0.977. The zero-order valence-electron chi connectivity index (χ0n) is 9.01. The number of allylic oxidation sites excluding steroid dienone is 1. The maximum atomic E-state index is 7.50. The molecule has 0 saturated carbocycles. The molecule has 6 nitrogen and oxygen atoms in total. The van der Waals surface area contributed by atoms with E-state index in [9.17, 15) is 0 Å². The first-order valence-corrected chi connectivity index (χ1v) is 3.67. The predicted molar refractivity (Wildman–Crippen MR) is 46.5 cm³/mol. The molecule has 0 aliphatic rings. The average Bonchev–Trinajstić information content (AvgIpc) is 2.49. The summed E-state index contributed by atoms with van der Waals surface area (Å²) >= 11 is 2.74. The Hall–Kier alpha value is -1.20. The van der Waals surface area contributed by atoms with E-state index in [1.54, 1.807) is 7.11 Å². The normalized spacial score (nSPS) is 4.71. The zero-order valence-corrected chi connectivity index (χ0v) is 10.3. The molecular formula is C10H8CrO6. The summed E-state index contributed by atoms with van der Waals surface area (Å²) in [6.07, 6.45) is 3.77. The molecule has 90 valence electrons. The second-order valence-electron chi connectivity index (χ2n) is 1.02. The van der Waals surface area contributed by atoms with Gasteiger partial charge in [0.1, 0.15) is 0 Å². The Morgan fingerprint density at radius 2 is 1.12 bits per heavy atom. The van der Waals surface area contributed by atoms with Crippen molar-refractivity contribution in [2.75, 3.05) is 7.11 Å². The Bertz CT molecular complexity index is 211. The van der Waals surface area contributed by atoms with E-state index in [0.29, 0.717) is 0 Å². The summed E-state index contributed by atoms with van der Waals surface area (Å²) in [5, 5.41) is 0. The molecule has 7 heteroatoms. The summed E-state index contributed by atoms with van der Waals surface area (Å²) in [5.41, 5.74) is 0. The molecule has 0 spiro atoms. The molecule has 0 N–H and O–H groups in total. The van der Waals surface area contributed by atoms with E-state index in [1.165, 1.54) is 0 Å². The fraction of sp³-hybridized carbons (Fsp3) is 0.200. The summed E-state index contributed by atoms with van der Waals surface area (Å²) in [4.78, 5) is 0. The Morgan fingerprint density at radius 3 is 1.18 bits per heavy atom. The second-order valence-corrected chi connectivity index (χ2v) is 1.65. The van der Waals surface area contributed by atoms with Crippen LogP contribution in [0.2, 0.25) is 0 Å². The van der Waals surface area contributed by atoms with Crippen molar-refractivity contribution in [1.82, 2.24) is 0 Å². The third kappa shape index (κ3) is 168. The quantitative estimate of drug-likeness (QED) is 0.536. The van der Waals surface area contributed by atoms with Gasteiger partial charge in [-0.15, -0.1) is 0 Å². The van der Waals surface area contributed by atoms with Crippen molar-refractivity contribution >= 4 is 4.57 Å². The van der Waals surface area contributed by atoms with Crippen LogP contribution in [0, 0.1) is 33.3 Å². The SMILES string of the molecule is C/C=C/[C](=[Cr])OC.[C-]#[O+].[C-]#[O+].[C-]#[O+].[C-]#[O+].[C-]#[O+]. The Labute approximate surface area is 108 Å². The van der Waals surface area contributed by atoms with Crippen LogP contribution < -0.4 is 0 Å². The standard InChI is InChI=1S/C5H8O.5CO.Cr/c1-3-4-5-6-2;5*1-2;/h3-4H,1-2H3;;;;;;/b4-3+;;;;;;. The van der Waals surface area contributed by atoms with Crippen molar-refractivity contribution in [3.05, 3.63) is 45.4 Å². The van der Waals surface area contributed by atoms with Gasteiger partial charge in [0, 0.05) is 0 Å². The molecule has 0 unspecified atom stereocenters. The van der Waals surface area contributed by atoms with Crippen molar-refractivity contribution in [2.45, 2.75) is 6.92 Å². The van der Waals surface area contributed by atoms with E-state index < -0.39 is 0 Å². The van der Waals surface area contributed by atoms with Gasteiger partial charge in [0.25, 0.3) is 0 Å². The first-order chi connectivity index (χ1) is 8.31. The molecule has 0 radical (unpaired) electrons. The van der Waals surface area contributed by atoms with E-state index in [4.69, 9.17) is 28.0 Å². The first-order valence-electron chi connectivity index (χ1n) is 3.04. The van der Waals surface area contributed by atoms with Crippen LogP contribution in [0.15, 0.2) is 12.2 Å². The number of rotatable bonds is 2. The minimum absolute atomic E-state index is 0.822. The Kier molecular flexibility index (Phi) is 259. The topological polar surface area (TPSA) is 109 Å². The maximum absolute atomic E-state index is 7.50. The molecular weight excluding hydrogens is 268 g/mol. The van der Waals surface area contributed by atoms with Crippen LogP contribution in [0.4, 0.5) is 0 Å². The monoisotopic (exact) mass is 276 g/mol. The molecule has 0 bridgehead atoms. The van der Waals surface area contributed by atoms with Crippen molar-refractivity contribution in [2.24, 2.45) is 0 Å². The van der Waals surface area contributed by atoms with Gasteiger partial charge in [-0.2, -0.15) is 0 Å². The summed E-state index contributed by atoms with van der Waals surface area (Å²) in [7, 11) is 1.63. The van der Waals surface area contributed by atoms with Crippen LogP contribution in [-0.4, -0.2) is 11.7 Å². The molecule has 17 heavy (non-hydrogen) atoms. The second kappa shape index (κ2) is 122. The average molecular weight is 276 g/mol. The van der Waals surface area contributed by atoms with Crippen LogP contribution >= 0.6 is 0 Å². The molecule has 0 saturated heterocycles. The van der Waals surface area contributed by atoms with E-state index in [2.05, 4.69) is 49.1 Å². The molecule has 0 aromatic carbocycles. The van der Waals surface area contributed by atoms with Gasteiger partial charge in [-0.3, -0.25) is 0 Å². The summed E-state index contributed by atoms with van der Waals surface area (Å²) in [6, 6.07) is 0. The van der Waals surface area contributed by atoms with Gasteiger partial charge < -0.3 is 0 Å². The van der Waals surface area contributed by atoms with Gasteiger partial charge in [0.05, 0.1) is 0 Å². The van der Waals surface area contributed by atoms with Gasteiger partial charge in [-0.25, -0.2) is 0 Å². The summed E-state index contributed by atoms with van der Waals surface area (Å²) < 4.78 is 43.1. The molecule has 0 amide bonds. The van der Waals surface area contributed by atoms with Gasteiger partial charge >= 0.3 is 108 Å². The molecule has 0 heterocycles. The van der Waals surface area contributed by atoms with E-state index >= 15 is 0 Å². The van der Waals surface area contributed by atoms with Crippen molar-refractivity contribution in [3.63, 3.8) is 0 Å². The molecule has 0 aliphatic carbocycles. The Morgan fingerprint density at radius 1 is 0.882 bits per heavy atom. The van der Waals surface area contributed by atoms with Crippen LogP contribution in [-0.2, 0) is 43.8 Å². The van der Waals surface area contributed by atoms with Crippen LogP contribution in [0.3, 0.4) is 0 Å². The van der Waals surface area contributed by atoms with Crippen LogP contribution in [0.5, 0.6) is 0 Å². The summed E-state index contributed by atoms with van der Waals surface area (Å²) in [5.74, 6) is 0. The molecule has 0 fully saturated rings. The van der Waals surface area contributed by atoms with Gasteiger partial charge in [0.15, 0.2) is 0 Å². The van der Waals surface area contributed by atoms with Crippen LogP contribution in [0.1, 0.15) is 6.92 Å². The fourth-order valence-corrected chi connectivity index (χ4v) is 0.417. The van der Waals surface area contributed by atoms with Crippen LogP contribution in [0.25, 0.3) is 0 Å². The molecule has 0 aromatic rings. The van der Waals surface area contributed by atoms with Gasteiger partial charge in [-0.1, -0.05) is 0 Å². The molecule has 0 aromatic heterocycles. The van der Waals surface area contributed by atoms with Gasteiger partial charge in [-0.05, 0) is 0 Å². The Balaban J connectivity index is -0.0000000257. The number of methoxy groups -OCH3 is 1. The fourth-order valence-electron chi connectivity index (χ4n) is 0.204. The zero-order chi connectivity index (χ0) is 15.7. The number of ether oxygens (including phenoxy) is 1. The molecule has 0 aliphatic heterocycles. The third-order valence-electron chi connectivity index (χ3n) is 0.504. The van der Waals surface area contributed by atoms with Crippen molar-refractivity contribution in [1.29, 1.82) is 0 Å². The van der Waals surface area contributed by atoms with E-state index in [0.717, 1.165) is 4.57 Å². The first kappa shape index (κ1) is 36.0. The number of hydrogen-bond donors (Lipinski definition) is 0. The van der Waals surface area contributed by atoms with Crippen molar-refractivity contribution in [3.8, 4) is 0 Å². The number of hydrogen-bond acceptors (Lipinski definition) is 1. The van der Waals surface area contributed by atoms with Crippen molar-refractivity contribution < 1.29 is 43.8 Å². The predicted octanol–water partition coefficient (Wildman–Crippen LogP) is 0.698. The van der Waals surface area contributed by atoms with E-state index in [-0.39, 0.29) is 0 Å². The molecule has 0 rings (SSSR count). The molecule has 0 atom stereocenters. The summed E-state index contributed by atoms with van der Waals surface area (Å²) in [6.45, 7) is 24.4.